The van der Waals surface area contributed by atoms with Crippen molar-refractivity contribution < 1.29 is 9.13 Å². The van der Waals surface area contributed by atoms with E-state index in [1.54, 1.807) is 31.4 Å². The lowest BCUT2D eigenvalue weighted by molar-refractivity contribution is 0.413. The van der Waals surface area contributed by atoms with Crippen molar-refractivity contribution in [2.24, 2.45) is 0 Å². The number of hydrogen-bond acceptors (Lipinski definition) is 2. The first-order chi connectivity index (χ1) is 10.1. The third kappa shape index (κ3) is 3.67. The Morgan fingerprint density at radius 1 is 1.19 bits per heavy atom. The molecule has 1 unspecified atom stereocenters. The highest BCUT2D eigenvalue weighted by atomic mass is 35.5. The quantitative estimate of drug-likeness (QED) is 0.863. The summed E-state index contributed by atoms with van der Waals surface area (Å²) in [5, 5.41) is 3.86. The van der Waals surface area contributed by atoms with Crippen LogP contribution < -0.4 is 10.1 Å². The highest BCUT2D eigenvalue weighted by Crippen LogP contribution is 2.30. The minimum Gasteiger partial charge on any atom is -0.495 e. The Labute approximate surface area is 133 Å². The maximum absolute atomic E-state index is 14.0. The minimum atomic E-state index is -0.375. The molecule has 2 aromatic carbocycles. The molecule has 0 fully saturated rings. The van der Waals surface area contributed by atoms with Crippen molar-refractivity contribution in [1.29, 1.82) is 0 Å². The van der Waals surface area contributed by atoms with Gasteiger partial charge in [-0.15, -0.1) is 0 Å². The van der Waals surface area contributed by atoms with Gasteiger partial charge < -0.3 is 10.1 Å². The number of methoxy groups -OCH3 is 1. The first kappa shape index (κ1) is 16.1. The maximum Gasteiger partial charge on any atom is 0.145 e. The van der Waals surface area contributed by atoms with Gasteiger partial charge in [0.25, 0.3) is 0 Å². The number of hydrogen-bond donors (Lipinski definition) is 1. The second-order valence-corrected chi connectivity index (χ2v) is 5.47. The molecule has 2 rings (SSSR count). The Balaban J connectivity index is 2.30. The van der Waals surface area contributed by atoms with E-state index in [1.807, 2.05) is 19.2 Å². The van der Waals surface area contributed by atoms with E-state index in [-0.39, 0.29) is 16.9 Å². The van der Waals surface area contributed by atoms with E-state index in [4.69, 9.17) is 27.9 Å². The molecule has 5 heteroatoms. The van der Waals surface area contributed by atoms with Crippen LogP contribution in [0.15, 0.2) is 36.4 Å². The monoisotopic (exact) mass is 327 g/mol. The SMILES string of the molecule is CNC(Cc1cccc(Cl)c1F)c1ccc(Cl)c(OC)c1. The van der Waals surface area contributed by atoms with Gasteiger partial charge in [0.15, 0.2) is 0 Å². The van der Waals surface area contributed by atoms with Crippen molar-refractivity contribution in [2.75, 3.05) is 14.2 Å². The van der Waals surface area contributed by atoms with Crippen LogP contribution in [0.5, 0.6) is 5.75 Å². The average Bonchev–Trinajstić information content (AvgIpc) is 2.49. The molecule has 0 aliphatic heterocycles. The molecular weight excluding hydrogens is 312 g/mol. The molecule has 0 spiro atoms. The smallest absolute Gasteiger partial charge is 0.145 e. The fraction of sp³-hybridized carbons (Fsp3) is 0.250. The lowest BCUT2D eigenvalue weighted by Crippen LogP contribution is -2.19. The average molecular weight is 328 g/mol. The summed E-state index contributed by atoms with van der Waals surface area (Å²) in [4.78, 5) is 0. The van der Waals surface area contributed by atoms with Crippen molar-refractivity contribution >= 4 is 23.2 Å². The second-order valence-electron chi connectivity index (χ2n) is 4.65. The first-order valence-electron chi connectivity index (χ1n) is 6.50. The summed E-state index contributed by atoms with van der Waals surface area (Å²) in [5.41, 5.74) is 1.54. The van der Waals surface area contributed by atoms with Crippen molar-refractivity contribution in [3.05, 3.63) is 63.4 Å². The lowest BCUT2D eigenvalue weighted by atomic mass is 9.98. The molecule has 2 aromatic rings. The Kier molecular flexibility index (Phi) is 5.45. The number of rotatable bonds is 5. The van der Waals surface area contributed by atoms with Crippen LogP contribution in [0.4, 0.5) is 4.39 Å². The molecule has 0 heterocycles. The highest BCUT2D eigenvalue weighted by Gasteiger charge is 2.15. The molecule has 1 atom stereocenters. The number of ether oxygens (including phenoxy) is 1. The summed E-state index contributed by atoms with van der Waals surface area (Å²) in [6.45, 7) is 0. The molecule has 2 nitrogen and oxygen atoms in total. The van der Waals surface area contributed by atoms with Gasteiger partial charge in [0, 0.05) is 6.04 Å². The molecule has 0 bridgehead atoms. The highest BCUT2D eigenvalue weighted by molar-refractivity contribution is 6.32. The van der Waals surface area contributed by atoms with E-state index in [1.165, 1.54) is 0 Å². The Bertz CT molecular complexity index is 634. The summed E-state index contributed by atoms with van der Waals surface area (Å²) in [6.07, 6.45) is 0.480. The summed E-state index contributed by atoms with van der Waals surface area (Å²) < 4.78 is 19.2. The molecule has 0 saturated carbocycles. The van der Waals surface area contributed by atoms with Crippen LogP contribution in [-0.2, 0) is 6.42 Å². The fourth-order valence-corrected chi connectivity index (χ4v) is 2.59. The van der Waals surface area contributed by atoms with Crippen LogP contribution in [0.2, 0.25) is 10.0 Å². The molecule has 112 valence electrons. The van der Waals surface area contributed by atoms with Crippen molar-refractivity contribution in [2.45, 2.75) is 12.5 Å². The predicted molar refractivity (Wildman–Crippen MR) is 84.9 cm³/mol. The molecule has 0 radical (unpaired) electrons. The predicted octanol–water partition coefficient (Wildman–Crippen LogP) is 4.64. The van der Waals surface area contributed by atoms with Crippen LogP contribution in [0, 0.1) is 5.82 Å². The third-order valence-corrected chi connectivity index (χ3v) is 3.99. The number of nitrogens with one attached hydrogen (secondary N) is 1. The van der Waals surface area contributed by atoms with Gasteiger partial charge in [0.2, 0.25) is 0 Å². The van der Waals surface area contributed by atoms with Crippen molar-refractivity contribution in [3.8, 4) is 5.75 Å². The molecule has 0 aliphatic rings. The molecule has 0 aromatic heterocycles. The molecule has 1 N–H and O–H groups in total. The summed E-state index contributed by atoms with van der Waals surface area (Å²) in [6, 6.07) is 10.5. The van der Waals surface area contributed by atoms with E-state index in [9.17, 15) is 4.39 Å². The van der Waals surface area contributed by atoms with Gasteiger partial charge in [-0.05, 0) is 42.8 Å². The van der Waals surface area contributed by atoms with Gasteiger partial charge in [0.1, 0.15) is 11.6 Å². The summed E-state index contributed by atoms with van der Waals surface area (Å²) in [7, 11) is 3.39. The van der Waals surface area contributed by atoms with Crippen LogP contribution in [0.25, 0.3) is 0 Å². The molecule has 0 aliphatic carbocycles. The van der Waals surface area contributed by atoms with Crippen LogP contribution in [0.1, 0.15) is 17.2 Å². The van der Waals surface area contributed by atoms with Crippen molar-refractivity contribution in [3.63, 3.8) is 0 Å². The lowest BCUT2D eigenvalue weighted by Gasteiger charge is -2.18. The van der Waals surface area contributed by atoms with E-state index < -0.39 is 0 Å². The second kappa shape index (κ2) is 7.12. The Hall–Kier alpha value is -1.29. The zero-order valence-electron chi connectivity index (χ0n) is 11.8. The minimum absolute atomic E-state index is 0.0656. The Morgan fingerprint density at radius 2 is 1.95 bits per heavy atom. The summed E-state index contributed by atoms with van der Waals surface area (Å²) >= 11 is 11.8. The number of benzene rings is 2. The van der Waals surface area contributed by atoms with E-state index in [0.29, 0.717) is 22.8 Å². The van der Waals surface area contributed by atoms with Crippen LogP contribution >= 0.6 is 23.2 Å². The standard InChI is InChI=1S/C16H16Cl2FNO/c1-20-14(8-11-4-3-5-13(18)16(11)19)10-6-7-12(17)15(9-10)21-2/h3-7,9,14,20H,8H2,1-2H3. The number of likely N-dealkylation sites (N-methyl/N-ethyl adjacent to an activating group) is 1. The normalized spacial score (nSPS) is 12.2. The van der Waals surface area contributed by atoms with Gasteiger partial charge in [-0.1, -0.05) is 41.4 Å². The third-order valence-electron chi connectivity index (χ3n) is 3.38. The largest absolute Gasteiger partial charge is 0.495 e. The van der Waals surface area contributed by atoms with Gasteiger partial charge in [0.05, 0.1) is 17.2 Å². The zero-order chi connectivity index (χ0) is 15.4. The summed E-state index contributed by atoms with van der Waals surface area (Å²) in [5.74, 6) is 0.223. The van der Waals surface area contributed by atoms with Gasteiger partial charge in [-0.25, -0.2) is 4.39 Å². The van der Waals surface area contributed by atoms with Crippen LogP contribution in [-0.4, -0.2) is 14.2 Å². The molecule has 21 heavy (non-hydrogen) atoms. The Morgan fingerprint density at radius 3 is 2.62 bits per heavy atom. The van der Waals surface area contributed by atoms with Gasteiger partial charge >= 0.3 is 0 Å². The van der Waals surface area contributed by atoms with Crippen molar-refractivity contribution in [1.82, 2.24) is 5.32 Å². The fourth-order valence-electron chi connectivity index (χ4n) is 2.21. The first-order valence-corrected chi connectivity index (χ1v) is 7.26. The molecule has 0 saturated heterocycles. The number of halogens is 3. The van der Waals surface area contributed by atoms with Gasteiger partial charge in [-0.3, -0.25) is 0 Å². The van der Waals surface area contributed by atoms with E-state index in [2.05, 4.69) is 5.32 Å². The molecular formula is C16H16Cl2FNO. The zero-order valence-corrected chi connectivity index (χ0v) is 13.3. The molecule has 0 amide bonds. The topological polar surface area (TPSA) is 21.3 Å². The van der Waals surface area contributed by atoms with Crippen LogP contribution in [0.3, 0.4) is 0 Å². The van der Waals surface area contributed by atoms with Gasteiger partial charge in [-0.2, -0.15) is 0 Å². The van der Waals surface area contributed by atoms with E-state index >= 15 is 0 Å². The van der Waals surface area contributed by atoms with E-state index in [0.717, 1.165) is 5.56 Å². The maximum atomic E-state index is 14.0.